The highest BCUT2D eigenvalue weighted by atomic mass is 16.6. The van der Waals surface area contributed by atoms with Crippen molar-refractivity contribution in [2.75, 3.05) is 6.61 Å². The Morgan fingerprint density at radius 2 is 1.72 bits per heavy atom. The van der Waals surface area contributed by atoms with Crippen LogP contribution in [-0.4, -0.2) is 49.7 Å². The van der Waals surface area contributed by atoms with Crippen LogP contribution in [0.5, 0.6) is 0 Å². The van der Waals surface area contributed by atoms with Crippen molar-refractivity contribution in [3.63, 3.8) is 0 Å². The standard InChI is InChI=1S/C27H26N2O7/c1-3-27(17-30)23(32)22(35-18(2)31)25(36-27)29-16-21(14-19-10-6-4-7-11-19)24(33)28(26(29)34)15-20-12-8-5-9-13-20/h1,4-13,16,22-23,25,30,32H,14-15,17H2,2H3/t22?,23?,25-,27-/m0/s1. The summed E-state index contributed by atoms with van der Waals surface area (Å²) >= 11 is 0. The number of carbonyl (C=O) groups excluding carboxylic acids is 1. The average molecular weight is 491 g/mol. The first-order valence-electron chi connectivity index (χ1n) is 11.3. The number of aliphatic hydroxyl groups is 2. The van der Waals surface area contributed by atoms with Gasteiger partial charge in [-0.15, -0.1) is 6.42 Å². The molecule has 4 atom stereocenters. The van der Waals surface area contributed by atoms with Crippen molar-refractivity contribution in [3.05, 3.63) is 104 Å². The van der Waals surface area contributed by atoms with Crippen LogP contribution in [0.4, 0.5) is 0 Å². The molecule has 1 fully saturated rings. The lowest BCUT2D eigenvalue weighted by Gasteiger charge is -2.23. The summed E-state index contributed by atoms with van der Waals surface area (Å²) < 4.78 is 13.3. The van der Waals surface area contributed by atoms with E-state index in [4.69, 9.17) is 15.9 Å². The maximum absolute atomic E-state index is 13.6. The van der Waals surface area contributed by atoms with Gasteiger partial charge in [-0.05, 0) is 11.1 Å². The Bertz CT molecular complexity index is 1390. The van der Waals surface area contributed by atoms with Crippen LogP contribution in [-0.2, 0) is 27.2 Å². The molecule has 36 heavy (non-hydrogen) atoms. The van der Waals surface area contributed by atoms with Gasteiger partial charge in [-0.3, -0.25) is 18.7 Å². The summed E-state index contributed by atoms with van der Waals surface area (Å²) in [6.45, 7) is 0.335. The molecule has 2 aromatic carbocycles. The van der Waals surface area contributed by atoms with Gasteiger partial charge in [-0.1, -0.05) is 66.6 Å². The maximum Gasteiger partial charge on any atom is 0.333 e. The number of hydrogen-bond acceptors (Lipinski definition) is 7. The fourth-order valence-electron chi connectivity index (χ4n) is 4.30. The van der Waals surface area contributed by atoms with E-state index >= 15 is 0 Å². The molecule has 2 unspecified atom stereocenters. The van der Waals surface area contributed by atoms with E-state index in [2.05, 4.69) is 5.92 Å². The van der Waals surface area contributed by atoms with Gasteiger partial charge in [0.15, 0.2) is 17.9 Å². The van der Waals surface area contributed by atoms with Gasteiger partial charge in [0.2, 0.25) is 0 Å². The minimum Gasteiger partial charge on any atom is -0.455 e. The molecule has 4 rings (SSSR count). The van der Waals surface area contributed by atoms with E-state index in [9.17, 15) is 24.6 Å². The average Bonchev–Trinajstić information content (AvgIpc) is 3.16. The lowest BCUT2D eigenvalue weighted by atomic mass is 9.97. The Kier molecular flexibility index (Phi) is 7.22. The zero-order valence-electron chi connectivity index (χ0n) is 19.6. The monoisotopic (exact) mass is 490 g/mol. The third-order valence-corrected chi connectivity index (χ3v) is 6.14. The van der Waals surface area contributed by atoms with Gasteiger partial charge in [-0.25, -0.2) is 4.79 Å². The highest BCUT2D eigenvalue weighted by molar-refractivity contribution is 5.66. The lowest BCUT2D eigenvalue weighted by Crippen LogP contribution is -2.47. The van der Waals surface area contributed by atoms with Gasteiger partial charge < -0.3 is 19.7 Å². The van der Waals surface area contributed by atoms with Gasteiger partial charge in [-0.2, -0.15) is 0 Å². The van der Waals surface area contributed by atoms with E-state index in [-0.39, 0.29) is 18.5 Å². The van der Waals surface area contributed by atoms with Crippen LogP contribution >= 0.6 is 0 Å². The molecule has 0 radical (unpaired) electrons. The molecule has 0 saturated carbocycles. The van der Waals surface area contributed by atoms with Crippen LogP contribution in [0.25, 0.3) is 0 Å². The summed E-state index contributed by atoms with van der Waals surface area (Å²) in [5, 5.41) is 20.8. The molecule has 9 heteroatoms. The number of rotatable bonds is 7. The first kappa shape index (κ1) is 25.1. The van der Waals surface area contributed by atoms with Crippen molar-refractivity contribution >= 4 is 5.97 Å². The van der Waals surface area contributed by atoms with Crippen molar-refractivity contribution in [2.24, 2.45) is 0 Å². The Labute approximate surface area is 207 Å². The van der Waals surface area contributed by atoms with Gasteiger partial charge >= 0.3 is 11.7 Å². The van der Waals surface area contributed by atoms with E-state index in [0.717, 1.165) is 27.2 Å². The molecule has 0 bridgehead atoms. The second-order valence-corrected chi connectivity index (χ2v) is 8.60. The Hall–Kier alpha value is -3.97. The normalized spacial score (nSPS) is 23.2. The molecule has 1 aromatic heterocycles. The van der Waals surface area contributed by atoms with Crippen LogP contribution < -0.4 is 11.2 Å². The quantitative estimate of drug-likeness (QED) is 0.372. The molecule has 2 heterocycles. The van der Waals surface area contributed by atoms with E-state index in [1.807, 2.05) is 36.4 Å². The van der Waals surface area contributed by atoms with Crippen LogP contribution in [0, 0.1) is 12.3 Å². The van der Waals surface area contributed by atoms with Crippen LogP contribution in [0.1, 0.15) is 29.8 Å². The minimum atomic E-state index is -1.91. The number of benzene rings is 2. The predicted molar refractivity (Wildman–Crippen MR) is 130 cm³/mol. The summed E-state index contributed by atoms with van der Waals surface area (Å²) in [6, 6.07) is 18.2. The van der Waals surface area contributed by atoms with Crippen molar-refractivity contribution < 1.29 is 24.5 Å². The predicted octanol–water partition coefficient (Wildman–Crippen LogP) is 0.835. The summed E-state index contributed by atoms with van der Waals surface area (Å²) in [4.78, 5) is 38.9. The number of esters is 1. The zero-order valence-corrected chi connectivity index (χ0v) is 19.6. The van der Waals surface area contributed by atoms with Crippen LogP contribution in [0.3, 0.4) is 0 Å². The third-order valence-electron chi connectivity index (χ3n) is 6.14. The molecule has 0 aliphatic carbocycles. The molecule has 0 spiro atoms. The number of ether oxygens (including phenoxy) is 2. The Morgan fingerprint density at radius 3 is 2.28 bits per heavy atom. The first-order chi connectivity index (χ1) is 17.3. The van der Waals surface area contributed by atoms with Crippen molar-refractivity contribution in [2.45, 2.75) is 43.9 Å². The smallest absolute Gasteiger partial charge is 0.333 e. The van der Waals surface area contributed by atoms with Crippen molar-refractivity contribution in [3.8, 4) is 12.3 Å². The summed E-state index contributed by atoms with van der Waals surface area (Å²) in [6.07, 6.45) is 2.67. The fraction of sp³-hybridized carbons (Fsp3) is 0.296. The SMILES string of the molecule is C#C[C@@]1(CO)O[C@H](n2cc(Cc3ccccc3)c(=O)n(Cc3ccccc3)c2=O)C(OC(C)=O)C1O. The molecule has 1 aliphatic heterocycles. The number of terminal acetylenes is 1. The van der Waals surface area contributed by atoms with Crippen molar-refractivity contribution in [1.29, 1.82) is 0 Å². The molecular weight excluding hydrogens is 464 g/mol. The summed E-state index contributed by atoms with van der Waals surface area (Å²) in [5.41, 5.74) is -1.32. The van der Waals surface area contributed by atoms with Crippen LogP contribution in [0.15, 0.2) is 76.4 Å². The topological polar surface area (TPSA) is 120 Å². The zero-order chi connectivity index (χ0) is 25.9. The van der Waals surface area contributed by atoms with Gasteiger partial charge in [0.1, 0.15) is 6.10 Å². The van der Waals surface area contributed by atoms with Crippen LogP contribution in [0.2, 0.25) is 0 Å². The molecule has 2 N–H and O–H groups in total. The fourth-order valence-corrected chi connectivity index (χ4v) is 4.30. The largest absolute Gasteiger partial charge is 0.455 e. The second kappa shape index (κ2) is 10.3. The number of nitrogens with zero attached hydrogens (tertiary/aromatic N) is 2. The van der Waals surface area contributed by atoms with Crippen molar-refractivity contribution in [1.82, 2.24) is 9.13 Å². The molecule has 9 nitrogen and oxygen atoms in total. The Balaban J connectivity index is 1.89. The molecule has 3 aromatic rings. The number of aliphatic hydroxyl groups excluding tert-OH is 2. The molecule has 1 aliphatic rings. The molecule has 186 valence electrons. The minimum absolute atomic E-state index is 0.0189. The van der Waals surface area contributed by atoms with Gasteiger partial charge in [0, 0.05) is 25.1 Å². The molecule has 1 saturated heterocycles. The maximum atomic E-state index is 13.6. The van der Waals surface area contributed by atoms with Gasteiger partial charge in [0.25, 0.3) is 5.56 Å². The highest BCUT2D eigenvalue weighted by Crippen LogP contribution is 2.38. The molecule has 0 amide bonds. The van der Waals surface area contributed by atoms with E-state index in [0.29, 0.717) is 0 Å². The van der Waals surface area contributed by atoms with Gasteiger partial charge in [0.05, 0.1) is 13.2 Å². The first-order valence-corrected chi connectivity index (χ1v) is 11.3. The van der Waals surface area contributed by atoms with E-state index in [1.165, 1.54) is 6.20 Å². The highest BCUT2D eigenvalue weighted by Gasteiger charge is 2.56. The number of aromatic nitrogens is 2. The van der Waals surface area contributed by atoms with E-state index in [1.54, 1.807) is 24.3 Å². The lowest BCUT2D eigenvalue weighted by molar-refractivity contribution is -0.156. The number of carbonyl (C=O) groups is 1. The molecular formula is C27H26N2O7. The second-order valence-electron chi connectivity index (χ2n) is 8.60. The summed E-state index contributed by atoms with van der Waals surface area (Å²) in [7, 11) is 0. The van der Waals surface area contributed by atoms with E-state index < -0.39 is 47.9 Å². The summed E-state index contributed by atoms with van der Waals surface area (Å²) in [5.74, 6) is 1.48. The Morgan fingerprint density at radius 1 is 1.11 bits per heavy atom. The number of hydrogen-bond donors (Lipinski definition) is 2. The third kappa shape index (κ3) is 4.75.